The second-order valence-corrected chi connectivity index (χ2v) is 7.75. The predicted octanol–water partition coefficient (Wildman–Crippen LogP) is 6.03. The average molecular weight is 337 g/mol. The van der Waals surface area contributed by atoms with Gasteiger partial charge in [0.1, 0.15) is 0 Å². The molecule has 0 aliphatic heterocycles. The molecule has 0 saturated carbocycles. The van der Waals surface area contributed by atoms with E-state index in [1.165, 1.54) is 16.7 Å². The summed E-state index contributed by atoms with van der Waals surface area (Å²) in [6.45, 7) is 0. The Morgan fingerprint density at radius 1 is 0.609 bits per heavy atom. The zero-order valence-electron chi connectivity index (χ0n) is 13.2. The predicted molar refractivity (Wildman–Crippen MR) is 105 cm³/mol. The highest BCUT2D eigenvalue weighted by Crippen LogP contribution is 2.49. The first-order chi connectivity index (χ1) is 11.4. The van der Waals surface area contributed by atoms with Gasteiger partial charge in [0.25, 0.3) is 0 Å². The molecule has 0 saturated heterocycles. The third-order valence-corrected chi connectivity index (χ3v) is 6.49. The highest BCUT2D eigenvalue weighted by atomic mass is 32.2. The molecule has 0 N–H and O–H groups in total. The van der Waals surface area contributed by atoms with Crippen LogP contribution >= 0.6 is 23.5 Å². The Bertz CT molecular complexity index is 612. The number of benzene rings is 3. The Labute approximate surface area is 147 Å². The fourth-order valence-corrected chi connectivity index (χ4v) is 5.00. The van der Waals surface area contributed by atoms with Crippen molar-refractivity contribution in [1.29, 1.82) is 0 Å². The van der Waals surface area contributed by atoms with Crippen molar-refractivity contribution in [2.75, 3.05) is 11.3 Å². The molecule has 3 aromatic rings. The van der Waals surface area contributed by atoms with Gasteiger partial charge in [-0.2, -0.15) is 11.8 Å². The molecule has 0 fully saturated rings. The van der Waals surface area contributed by atoms with E-state index in [2.05, 4.69) is 97.3 Å². The van der Waals surface area contributed by atoms with Crippen LogP contribution in [-0.2, 0) is 4.75 Å². The molecule has 0 unspecified atom stereocenters. The number of rotatable bonds is 6. The van der Waals surface area contributed by atoms with Crippen LogP contribution in [0.2, 0.25) is 0 Å². The molecule has 3 rings (SSSR count). The van der Waals surface area contributed by atoms with Crippen molar-refractivity contribution in [3.8, 4) is 0 Å². The van der Waals surface area contributed by atoms with Gasteiger partial charge in [0.2, 0.25) is 0 Å². The Morgan fingerprint density at radius 3 is 1.26 bits per heavy atom. The Kier molecular flexibility index (Phi) is 5.47. The fourth-order valence-electron chi connectivity index (χ4n) is 2.92. The van der Waals surface area contributed by atoms with Crippen LogP contribution in [0.5, 0.6) is 0 Å². The van der Waals surface area contributed by atoms with E-state index >= 15 is 0 Å². The van der Waals surface area contributed by atoms with E-state index in [0.29, 0.717) is 0 Å². The van der Waals surface area contributed by atoms with E-state index in [0.717, 1.165) is 5.08 Å². The van der Waals surface area contributed by atoms with E-state index in [1.54, 1.807) is 0 Å². The minimum atomic E-state index is -0.174. The van der Waals surface area contributed by atoms with Crippen LogP contribution in [0.15, 0.2) is 91.0 Å². The van der Waals surface area contributed by atoms with Gasteiger partial charge < -0.3 is 0 Å². The normalized spacial score (nSPS) is 11.3. The van der Waals surface area contributed by atoms with Gasteiger partial charge in [-0.15, -0.1) is 11.8 Å². The SMILES string of the molecule is CSCSC(c1ccccc1)(c1ccccc1)c1ccccc1. The maximum Gasteiger partial charge on any atom is 0.0915 e. The zero-order chi connectivity index (χ0) is 16.0. The molecular weight excluding hydrogens is 316 g/mol. The quantitative estimate of drug-likeness (QED) is 0.398. The summed E-state index contributed by atoms with van der Waals surface area (Å²) in [5, 5.41) is 1.04. The molecule has 0 aromatic heterocycles. The Morgan fingerprint density at radius 2 is 0.957 bits per heavy atom. The summed E-state index contributed by atoms with van der Waals surface area (Å²) in [6.07, 6.45) is 2.17. The average Bonchev–Trinajstić information content (AvgIpc) is 2.65. The maximum absolute atomic E-state index is 2.24. The summed E-state index contributed by atoms with van der Waals surface area (Å²) in [6, 6.07) is 32.5. The smallest absolute Gasteiger partial charge is 0.0915 e. The molecular formula is C21H20S2. The maximum atomic E-state index is 2.24. The Balaban J connectivity index is 2.25. The summed E-state index contributed by atoms with van der Waals surface area (Å²) >= 11 is 3.87. The minimum Gasteiger partial charge on any atom is -0.154 e. The van der Waals surface area contributed by atoms with E-state index in [9.17, 15) is 0 Å². The summed E-state index contributed by atoms with van der Waals surface area (Å²) in [5.74, 6) is 0. The molecule has 0 atom stereocenters. The van der Waals surface area contributed by atoms with Gasteiger partial charge in [0.05, 0.1) is 4.75 Å². The summed E-state index contributed by atoms with van der Waals surface area (Å²) in [4.78, 5) is 0. The molecule has 0 aliphatic rings. The van der Waals surface area contributed by atoms with Gasteiger partial charge in [0, 0.05) is 5.08 Å². The zero-order valence-corrected chi connectivity index (χ0v) is 14.8. The van der Waals surface area contributed by atoms with Crippen LogP contribution in [0.25, 0.3) is 0 Å². The van der Waals surface area contributed by atoms with Gasteiger partial charge in [-0.05, 0) is 22.9 Å². The summed E-state index contributed by atoms with van der Waals surface area (Å²) in [7, 11) is 0. The number of hydrogen-bond donors (Lipinski definition) is 0. The monoisotopic (exact) mass is 336 g/mol. The van der Waals surface area contributed by atoms with Crippen LogP contribution < -0.4 is 0 Å². The van der Waals surface area contributed by atoms with Crippen molar-refractivity contribution in [3.05, 3.63) is 108 Å². The van der Waals surface area contributed by atoms with Crippen LogP contribution in [-0.4, -0.2) is 11.3 Å². The molecule has 2 heteroatoms. The lowest BCUT2D eigenvalue weighted by Crippen LogP contribution is -2.25. The lowest BCUT2D eigenvalue weighted by molar-refractivity contribution is 0.898. The minimum absolute atomic E-state index is 0.174. The van der Waals surface area contributed by atoms with Gasteiger partial charge >= 0.3 is 0 Å². The molecule has 0 radical (unpaired) electrons. The van der Waals surface area contributed by atoms with Crippen LogP contribution in [0.3, 0.4) is 0 Å². The van der Waals surface area contributed by atoms with Gasteiger partial charge in [-0.3, -0.25) is 0 Å². The third kappa shape index (κ3) is 3.34. The second kappa shape index (κ2) is 7.76. The lowest BCUT2D eigenvalue weighted by atomic mass is 9.84. The largest absolute Gasteiger partial charge is 0.154 e. The molecule has 0 amide bonds. The molecule has 116 valence electrons. The molecule has 0 bridgehead atoms. The van der Waals surface area contributed by atoms with Crippen molar-refractivity contribution in [2.24, 2.45) is 0 Å². The molecule has 0 heterocycles. The van der Waals surface area contributed by atoms with Crippen LogP contribution in [0, 0.1) is 0 Å². The molecule has 0 aliphatic carbocycles. The van der Waals surface area contributed by atoms with Crippen LogP contribution in [0.1, 0.15) is 16.7 Å². The second-order valence-electron chi connectivity index (χ2n) is 5.33. The number of hydrogen-bond acceptors (Lipinski definition) is 2. The fraction of sp³-hybridized carbons (Fsp3) is 0.143. The van der Waals surface area contributed by atoms with Crippen molar-refractivity contribution in [1.82, 2.24) is 0 Å². The standard InChI is InChI=1S/C21H20S2/c1-22-17-23-21(18-11-5-2-6-12-18,19-13-7-3-8-14-19)20-15-9-4-10-16-20/h2-16H,17H2,1H3. The lowest BCUT2D eigenvalue weighted by Gasteiger charge is -2.35. The Hall–Kier alpha value is -1.64. The molecule has 23 heavy (non-hydrogen) atoms. The first-order valence-corrected chi connectivity index (χ1v) is 10.1. The van der Waals surface area contributed by atoms with Crippen molar-refractivity contribution in [2.45, 2.75) is 4.75 Å². The molecule has 3 aromatic carbocycles. The van der Waals surface area contributed by atoms with Gasteiger partial charge in [-0.25, -0.2) is 0 Å². The summed E-state index contributed by atoms with van der Waals surface area (Å²) in [5.41, 5.74) is 3.99. The first-order valence-electron chi connectivity index (χ1n) is 7.67. The highest BCUT2D eigenvalue weighted by Gasteiger charge is 2.36. The van der Waals surface area contributed by atoms with E-state index < -0.39 is 0 Å². The van der Waals surface area contributed by atoms with Crippen molar-refractivity contribution in [3.63, 3.8) is 0 Å². The van der Waals surface area contributed by atoms with Crippen molar-refractivity contribution < 1.29 is 0 Å². The molecule has 0 spiro atoms. The summed E-state index contributed by atoms with van der Waals surface area (Å²) < 4.78 is -0.174. The van der Waals surface area contributed by atoms with E-state index in [4.69, 9.17) is 0 Å². The third-order valence-electron chi connectivity index (χ3n) is 3.93. The van der Waals surface area contributed by atoms with Gasteiger partial charge in [0.15, 0.2) is 0 Å². The molecule has 0 nitrogen and oxygen atoms in total. The van der Waals surface area contributed by atoms with Crippen LogP contribution in [0.4, 0.5) is 0 Å². The number of thioether (sulfide) groups is 2. The van der Waals surface area contributed by atoms with Crippen molar-refractivity contribution >= 4 is 23.5 Å². The topological polar surface area (TPSA) is 0 Å². The highest BCUT2D eigenvalue weighted by molar-refractivity contribution is 8.16. The van der Waals surface area contributed by atoms with E-state index in [1.807, 2.05) is 23.5 Å². The first kappa shape index (κ1) is 16.2. The van der Waals surface area contributed by atoms with Gasteiger partial charge in [-0.1, -0.05) is 91.0 Å². The van der Waals surface area contributed by atoms with E-state index in [-0.39, 0.29) is 4.75 Å².